The minimum Gasteiger partial charge on any atom is -0.389 e. The third kappa shape index (κ3) is 1.41. The third-order valence-electron chi connectivity index (χ3n) is 3.12. The molecule has 2 aliphatic carbocycles. The molecule has 1 unspecified atom stereocenters. The summed E-state index contributed by atoms with van der Waals surface area (Å²) in [6.45, 7) is 0. The highest BCUT2D eigenvalue weighted by molar-refractivity contribution is 6.02. The molecule has 0 heterocycles. The Kier molecular flexibility index (Phi) is 1.72. The zero-order valence-electron chi connectivity index (χ0n) is 8.45. The molecule has 3 heteroatoms. The van der Waals surface area contributed by atoms with Gasteiger partial charge < -0.3 is 5.11 Å². The Hall–Kier alpha value is -0.700. The quantitative estimate of drug-likeness (QED) is 0.614. The van der Waals surface area contributed by atoms with Gasteiger partial charge in [-0.05, 0) is 25.7 Å². The Balaban J connectivity index is 2.05. The normalized spacial score (nSPS) is 47.0. The fourth-order valence-corrected chi connectivity index (χ4v) is 2.17. The molecule has 0 saturated heterocycles. The van der Waals surface area contributed by atoms with Gasteiger partial charge >= 0.3 is 0 Å². The van der Waals surface area contributed by atoms with Crippen LogP contribution in [0, 0.1) is 5.92 Å². The van der Waals surface area contributed by atoms with Gasteiger partial charge in [0.05, 0.1) is 12.0 Å². The average molecular weight is 184 g/mol. The fourth-order valence-electron chi connectivity index (χ4n) is 2.17. The van der Waals surface area contributed by atoms with Gasteiger partial charge in [-0.2, -0.15) is 0 Å². The van der Waals surface area contributed by atoms with Gasteiger partial charge in [0.25, 0.3) is 0 Å². The van der Waals surface area contributed by atoms with Crippen molar-refractivity contribution in [2.45, 2.75) is 44.1 Å². The van der Waals surface area contributed by atoms with Crippen molar-refractivity contribution >= 4 is 11.6 Å². The number of carbonyl (C=O) groups is 2. The zero-order chi connectivity index (χ0) is 10.3. The second kappa shape index (κ2) is 2.91. The van der Waals surface area contributed by atoms with Gasteiger partial charge in [0.1, 0.15) is 11.6 Å². The van der Waals surface area contributed by atoms with E-state index >= 15 is 0 Å². The van der Waals surface area contributed by atoms with Crippen LogP contribution in [0.3, 0.4) is 0 Å². The van der Waals surface area contributed by atoms with Gasteiger partial charge in [-0.25, -0.2) is 0 Å². The molecule has 0 spiro atoms. The molecule has 1 atom stereocenters. The molecule has 2 rings (SSSR count). The smallest absolute Gasteiger partial charge is 0.146 e. The highest BCUT2D eigenvalue weighted by Crippen LogP contribution is 2.42. The van der Waals surface area contributed by atoms with E-state index in [-0.39, 0.29) is 30.3 Å². The summed E-state index contributed by atoms with van der Waals surface area (Å²) in [4.78, 5) is 22.5. The van der Waals surface area contributed by atoms with Crippen molar-refractivity contribution in [3.8, 4) is 0 Å². The lowest BCUT2D eigenvalue weighted by molar-refractivity contribution is -0.148. The van der Waals surface area contributed by atoms with Crippen LogP contribution in [0.1, 0.15) is 39.9 Å². The predicted octanol–water partition coefficient (Wildman–Crippen LogP) is 0.840. The summed E-state index contributed by atoms with van der Waals surface area (Å²) < 4.78 is 7.35. The molecule has 0 aromatic rings. The van der Waals surface area contributed by atoms with E-state index in [4.69, 9.17) is 1.37 Å². The highest BCUT2D eigenvalue weighted by Gasteiger charge is 2.47. The first-order valence-corrected chi connectivity index (χ1v) is 4.70. The van der Waals surface area contributed by atoms with Crippen molar-refractivity contribution in [2.75, 3.05) is 0 Å². The third-order valence-corrected chi connectivity index (χ3v) is 3.12. The number of ketones is 2. The van der Waals surface area contributed by atoms with Crippen LogP contribution < -0.4 is 0 Å². The topological polar surface area (TPSA) is 54.4 Å². The van der Waals surface area contributed by atoms with Crippen molar-refractivity contribution in [1.29, 1.82) is 0 Å². The molecule has 0 aromatic heterocycles. The Labute approximate surface area is 78.5 Å². The number of hydrogen-bond acceptors (Lipinski definition) is 3. The van der Waals surface area contributed by atoms with Crippen molar-refractivity contribution < 1.29 is 16.1 Å². The summed E-state index contributed by atoms with van der Waals surface area (Å²) in [5.74, 6) is -0.533. The zero-order valence-corrected chi connectivity index (χ0v) is 7.45. The molecule has 13 heavy (non-hydrogen) atoms. The SMILES string of the molecule is [3H]C1CC(O)(C2CCC(=O)CC2=O)C1. The standard InChI is InChI=1S/C10H14O3/c11-7-2-3-8(9(12)6-7)10(13)4-1-5-10/h8,13H,1-6H2/i1T. The van der Waals surface area contributed by atoms with Crippen molar-refractivity contribution in [3.05, 3.63) is 0 Å². The van der Waals surface area contributed by atoms with E-state index in [2.05, 4.69) is 0 Å². The summed E-state index contributed by atoms with van der Waals surface area (Å²) in [7, 11) is 0. The Morgan fingerprint density at radius 3 is 2.69 bits per heavy atom. The van der Waals surface area contributed by atoms with Gasteiger partial charge in [-0.1, -0.05) is 0 Å². The first-order chi connectivity index (χ1) is 6.51. The molecule has 0 bridgehead atoms. The molecule has 0 aliphatic heterocycles. The molecule has 0 aromatic carbocycles. The molecule has 72 valence electrons. The first kappa shape index (κ1) is 7.68. The van der Waals surface area contributed by atoms with E-state index < -0.39 is 5.60 Å². The molecular formula is C10H14O3. The second-order valence-electron chi connectivity index (χ2n) is 4.07. The Morgan fingerprint density at radius 2 is 2.15 bits per heavy atom. The van der Waals surface area contributed by atoms with Crippen LogP contribution in [0.15, 0.2) is 0 Å². The van der Waals surface area contributed by atoms with E-state index in [1.807, 2.05) is 0 Å². The van der Waals surface area contributed by atoms with Crippen molar-refractivity contribution in [1.82, 2.24) is 0 Å². The van der Waals surface area contributed by atoms with Gasteiger partial charge in [-0.15, -0.1) is 0 Å². The van der Waals surface area contributed by atoms with Crippen LogP contribution in [-0.4, -0.2) is 22.3 Å². The molecule has 1 N–H and O–H groups in total. The summed E-state index contributed by atoms with van der Waals surface area (Å²) in [5, 5.41) is 10.0. The molecule has 2 aliphatic rings. The predicted molar refractivity (Wildman–Crippen MR) is 46.2 cm³/mol. The summed E-state index contributed by atoms with van der Waals surface area (Å²) in [5.41, 5.74) is -0.968. The van der Waals surface area contributed by atoms with Crippen LogP contribution in [0.5, 0.6) is 0 Å². The van der Waals surface area contributed by atoms with Gasteiger partial charge in [-0.3, -0.25) is 9.59 Å². The van der Waals surface area contributed by atoms with Crippen LogP contribution >= 0.6 is 0 Å². The largest absolute Gasteiger partial charge is 0.389 e. The Bertz CT molecular complexity index is 281. The molecule has 2 fully saturated rings. The Morgan fingerprint density at radius 1 is 1.46 bits per heavy atom. The van der Waals surface area contributed by atoms with Crippen LogP contribution in [0.4, 0.5) is 0 Å². The molecule has 2 saturated carbocycles. The number of Topliss-reactive ketones (excluding diaryl/α,β-unsaturated/α-hetero) is 2. The van der Waals surface area contributed by atoms with E-state index in [0.717, 1.165) is 0 Å². The summed E-state index contributed by atoms with van der Waals surface area (Å²) in [6.07, 6.45) is 1.40. The second-order valence-corrected chi connectivity index (χ2v) is 4.07. The summed E-state index contributed by atoms with van der Waals surface area (Å²) >= 11 is 0. The maximum Gasteiger partial charge on any atom is 0.146 e. The lowest BCUT2D eigenvalue weighted by Gasteiger charge is -2.43. The van der Waals surface area contributed by atoms with E-state index in [1.54, 1.807) is 0 Å². The van der Waals surface area contributed by atoms with Crippen LogP contribution in [0.2, 0.25) is 0 Å². The van der Waals surface area contributed by atoms with Crippen LogP contribution in [-0.2, 0) is 9.59 Å². The van der Waals surface area contributed by atoms with Crippen LogP contribution in [0.25, 0.3) is 0 Å². The van der Waals surface area contributed by atoms with Gasteiger partial charge in [0, 0.05) is 13.7 Å². The van der Waals surface area contributed by atoms with Gasteiger partial charge in [0.2, 0.25) is 0 Å². The van der Waals surface area contributed by atoms with Gasteiger partial charge in [0.15, 0.2) is 0 Å². The average Bonchev–Trinajstić information content (AvgIpc) is 2.00. The maximum atomic E-state index is 11.5. The minimum absolute atomic E-state index is 0.0170. The van der Waals surface area contributed by atoms with E-state index in [9.17, 15) is 14.7 Å². The monoisotopic (exact) mass is 184 g/mol. The van der Waals surface area contributed by atoms with Crippen molar-refractivity contribution in [3.63, 3.8) is 0 Å². The molecule has 0 amide bonds. The van der Waals surface area contributed by atoms with E-state index in [1.165, 1.54) is 0 Å². The van der Waals surface area contributed by atoms with Crippen molar-refractivity contribution in [2.24, 2.45) is 5.92 Å². The summed E-state index contributed by atoms with van der Waals surface area (Å²) in [6, 6.07) is 0. The lowest BCUT2D eigenvalue weighted by atomic mass is 9.65. The number of rotatable bonds is 1. The molecular weight excluding hydrogens is 168 g/mol. The first-order valence-electron chi connectivity index (χ1n) is 5.28. The lowest BCUT2D eigenvalue weighted by Crippen LogP contribution is -2.49. The molecule has 3 nitrogen and oxygen atoms in total. The fraction of sp³-hybridized carbons (Fsp3) is 0.800. The number of hydrogen-bond donors (Lipinski definition) is 1. The number of aliphatic hydroxyl groups is 1. The number of carbonyl (C=O) groups excluding carboxylic acids is 2. The highest BCUT2D eigenvalue weighted by atomic mass is 16.3. The molecule has 0 radical (unpaired) electrons. The van der Waals surface area contributed by atoms with E-state index in [0.29, 0.717) is 25.7 Å². The minimum atomic E-state index is -0.968. The maximum absolute atomic E-state index is 11.5.